The summed E-state index contributed by atoms with van der Waals surface area (Å²) in [6.45, 7) is 2.00. The molecular weight excluding hydrogens is 306 g/mol. The molecule has 1 unspecified atom stereocenters. The van der Waals surface area contributed by atoms with E-state index in [9.17, 15) is 4.79 Å². The minimum Gasteiger partial charge on any atom is -0.467 e. The number of carbonyl (C=O) groups is 1. The predicted octanol–water partition coefficient (Wildman–Crippen LogP) is 2.22. The van der Waals surface area contributed by atoms with Crippen LogP contribution in [0, 0.1) is 0 Å². The molecule has 0 spiro atoms. The van der Waals surface area contributed by atoms with Gasteiger partial charge in [-0.2, -0.15) is 4.37 Å². The van der Waals surface area contributed by atoms with Crippen molar-refractivity contribution in [2.24, 2.45) is 5.73 Å². The lowest BCUT2D eigenvalue weighted by atomic mass is 9.93. The SMILES string of the molecule is CCc1nsc(SCC(N)(C(=O)OC)c2ccccc2)n1. The van der Waals surface area contributed by atoms with Crippen LogP contribution in [-0.2, 0) is 21.5 Å². The summed E-state index contributed by atoms with van der Waals surface area (Å²) in [5, 5.41) is 0. The van der Waals surface area contributed by atoms with Gasteiger partial charge in [0.25, 0.3) is 0 Å². The highest BCUT2D eigenvalue weighted by molar-refractivity contribution is 8.01. The number of nitrogens with zero attached hydrogens (tertiary/aromatic N) is 2. The number of ether oxygens (including phenoxy) is 1. The fourth-order valence-electron chi connectivity index (χ4n) is 1.79. The highest BCUT2D eigenvalue weighted by Gasteiger charge is 2.37. The van der Waals surface area contributed by atoms with Gasteiger partial charge in [0.2, 0.25) is 0 Å². The number of esters is 1. The molecule has 0 fully saturated rings. The molecule has 2 rings (SSSR count). The molecule has 2 aromatic rings. The second kappa shape index (κ2) is 7.02. The smallest absolute Gasteiger partial charge is 0.331 e. The highest BCUT2D eigenvalue weighted by atomic mass is 32.2. The minimum absolute atomic E-state index is 0.349. The Morgan fingerprint density at radius 2 is 2.14 bits per heavy atom. The molecule has 1 atom stereocenters. The third-order valence-electron chi connectivity index (χ3n) is 3.03. The van der Waals surface area contributed by atoms with E-state index in [1.807, 2.05) is 37.3 Å². The van der Waals surface area contributed by atoms with E-state index in [-0.39, 0.29) is 0 Å². The maximum absolute atomic E-state index is 12.1. The number of aromatic nitrogens is 2. The Balaban J connectivity index is 2.19. The molecule has 5 nitrogen and oxygen atoms in total. The largest absolute Gasteiger partial charge is 0.467 e. The van der Waals surface area contributed by atoms with Gasteiger partial charge in [-0.05, 0) is 17.1 Å². The second-order valence-corrected chi connectivity index (χ2v) is 6.42. The van der Waals surface area contributed by atoms with E-state index in [2.05, 4.69) is 9.36 Å². The average Bonchev–Trinajstić information content (AvgIpc) is 3.00. The summed E-state index contributed by atoms with van der Waals surface area (Å²) in [4.78, 5) is 16.5. The lowest BCUT2D eigenvalue weighted by Gasteiger charge is -2.26. The van der Waals surface area contributed by atoms with Crippen LogP contribution in [0.15, 0.2) is 34.7 Å². The topological polar surface area (TPSA) is 78.1 Å². The molecule has 0 saturated heterocycles. The first kappa shape index (κ1) is 15.9. The minimum atomic E-state index is -1.20. The van der Waals surface area contributed by atoms with Crippen molar-refractivity contribution in [1.82, 2.24) is 9.36 Å². The van der Waals surface area contributed by atoms with Gasteiger partial charge < -0.3 is 10.5 Å². The molecular formula is C14H17N3O2S2. The molecule has 112 valence electrons. The van der Waals surface area contributed by atoms with E-state index in [0.717, 1.165) is 22.1 Å². The zero-order valence-electron chi connectivity index (χ0n) is 11.9. The summed E-state index contributed by atoms with van der Waals surface area (Å²) in [6.07, 6.45) is 0.792. The quantitative estimate of drug-likeness (QED) is 0.649. The van der Waals surface area contributed by atoms with E-state index in [4.69, 9.17) is 10.5 Å². The lowest BCUT2D eigenvalue weighted by molar-refractivity contribution is -0.146. The van der Waals surface area contributed by atoms with Crippen LogP contribution < -0.4 is 5.73 Å². The molecule has 0 bridgehead atoms. The summed E-state index contributed by atoms with van der Waals surface area (Å²) >= 11 is 2.74. The van der Waals surface area contributed by atoms with E-state index in [0.29, 0.717) is 5.75 Å². The molecule has 0 amide bonds. The van der Waals surface area contributed by atoms with Crippen LogP contribution in [0.3, 0.4) is 0 Å². The third-order valence-corrected chi connectivity index (χ3v) is 5.09. The maximum Gasteiger partial charge on any atom is 0.331 e. The van der Waals surface area contributed by atoms with E-state index in [1.54, 1.807) is 0 Å². The summed E-state index contributed by atoms with van der Waals surface area (Å²) in [6, 6.07) is 9.24. The molecule has 0 aliphatic rings. The molecule has 1 aromatic carbocycles. The molecule has 0 aliphatic heterocycles. The Morgan fingerprint density at radius 3 is 2.71 bits per heavy atom. The first-order valence-corrected chi connectivity index (χ1v) is 8.24. The van der Waals surface area contributed by atoms with Gasteiger partial charge in [-0.1, -0.05) is 49.0 Å². The Kier molecular flexibility index (Phi) is 5.33. The Hall–Kier alpha value is -1.44. The molecule has 0 saturated carbocycles. The number of aryl methyl sites for hydroxylation is 1. The first-order chi connectivity index (χ1) is 10.1. The van der Waals surface area contributed by atoms with Gasteiger partial charge >= 0.3 is 5.97 Å². The van der Waals surface area contributed by atoms with Crippen molar-refractivity contribution in [3.05, 3.63) is 41.7 Å². The molecule has 1 aromatic heterocycles. The van der Waals surface area contributed by atoms with Crippen LogP contribution in [0.4, 0.5) is 0 Å². The van der Waals surface area contributed by atoms with Crippen LogP contribution in [-0.4, -0.2) is 28.2 Å². The van der Waals surface area contributed by atoms with Crippen LogP contribution in [0.25, 0.3) is 0 Å². The van der Waals surface area contributed by atoms with Gasteiger partial charge in [0.05, 0.1) is 7.11 Å². The predicted molar refractivity (Wildman–Crippen MR) is 84.3 cm³/mol. The summed E-state index contributed by atoms with van der Waals surface area (Å²) in [7, 11) is 1.34. The van der Waals surface area contributed by atoms with Crippen LogP contribution in [0.1, 0.15) is 18.3 Å². The van der Waals surface area contributed by atoms with Crippen LogP contribution in [0.5, 0.6) is 0 Å². The van der Waals surface area contributed by atoms with Gasteiger partial charge in [-0.25, -0.2) is 9.78 Å². The fraction of sp³-hybridized carbons (Fsp3) is 0.357. The second-order valence-electron chi connectivity index (χ2n) is 4.45. The third kappa shape index (κ3) is 3.61. The van der Waals surface area contributed by atoms with Gasteiger partial charge in [0.1, 0.15) is 11.4 Å². The van der Waals surface area contributed by atoms with Crippen molar-refractivity contribution >= 4 is 29.3 Å². The fourth-order valence-corrected chi connectivity index (χ4v) is 3.60. The van der Waals surface area contributed by atoms with Gasteiger partial charge in [0.15, 0.2) is 4.34 Å². The van der Waals surface area contributed by atoms with Crippen LogP contribution >= 0.6 is 23.3 Å². The average molecular weight is 323 g/mol. The molecule has 21 heavy (non-hydrogen) atoms. The number of thioether (sulfide) groups is 1. The van der Waals surface area contributed by atoms with Crippen molar-refractivity contribution in [1.29, 1.82) is 0 Å². The summed E-state index contributed by atoms with van der Waals surface area (Å²) in [5.74, 6) is 0.700. The normalized spacial score (nSPS) is 13.7. The Labute approximate surface area is 132 Å². The van der Waals surface area contributed by atoms with Crippen molar-refractivity contribution in [3.8, 4) is 0 Å². The standard InChI is InChI=1S/C14H17N3O2S2/c1-3-11-16-13(21-17-11)20-9-14(15,12(18)19-2)10-7-5-4-6-8-10/h4-8H,3,9,15H2,1-2H3. The Bertz CT molecular complexity index is 603. The molecule has 1 heterocycles. The van der Waals surface area contributed by atoms with Gasteiger partial charge in [-0.3, -0.25) is 0 Å². The van der Waals surface area contributed by atoms with Gasteiger partial charge in [0, 0.05) is 12.2 Å². The number of nitrogens with two attached hydrogens (primary N) is 1. The van der Waals surface area contributed by atoms with E-state index in [1.165, 1.54) is 30.4 Å². The maximum atomic E-state index is 12.1. The molecule has 0 radical (unpaired) electrons. The zero-order valence-corrected chi connectivity index (χ0v) is 13.5. The van der Waals surface area contributed by atoms with Crippen molar-refractivity contribution in [3.63, 3.8) is 0 Å². The summed E-state index contributed by atoms with van der Waals surface area (Å²) in [5.41, 5.74) is 5.85. The molecule has 7 heteroatoms. The number of rotatable bonds is 6. The number of benzene rings is 1. The van der Waals surface area contributed by atoms with Crippen LogP contribution in [0.2, 0.25) is 0 Å². The number of carbonyl (C=O) groups excluding carboxylic acids is 1. The Morgan fingerprint density at radius 1 is 1.43 bits per heavy atom. The molecule has 0 aliphatic carbocycles. The lowest BCUT2D eigenvalue weighted by Crippen LogP contribution is -2.48. The number of hydrogen-bond donors (Lipinski definition) is 1. The number of hydrogen-bond acceptors (Lipinski definition) is 7. The van der Waals surface area contributed by atoms with Gasteiger partial charge in [-0.15, -0.1) is 0 Å². The monoisotopic (exact) mass is 323 g/mol. The van der Waals surface area contributed by atoms with E-state index < -0.39 is 11.5 Å². The zero-order chi connectivity index (χ0) is 15.3. The van der Waals surface area contributed by atoms with Crippen molar-refractivity contribution in [2.75, 3.05) is 12.9 Å². The highest BCUT2D eigenvalue weighted by Crippen LogP contribution is 2.30. The van der Waals surface area contributed by atoms with E-state index >= 15 is 0 Å². The summed E-state index contributed by atoms with van der Waals surface area (Å²) < 4.78 is 9.91. The van der Waals surface area contributed by atoms with Crippen molar-refractivity contribution in [2.45, 2.75) is 23.2 Å². The number of methoxy groups -OCH3 is 1. The first-order valence-electron chi connectivity index (χ1n) is 6.48. The molecule has 2 N–H and O–H groups in total. The van der Waals surface area contributed by atoms with Crippen molar-refractivity contribution < 1.29 is 9.53 Å².